The lowest BCUT2D eigenvalue weighted by molar-refractivity contribution is -0.122. The molecular formula is C20H21N7O3S. The topological polar surface area (TPSA) is 117 Å². The first-order valence-electron chi connectivity index (χ1n) is 9.85. The molecule has 1 N–H and O–H groups in total. The Morgan fingerprint density at radius 3 is 2.58 bits per heavy atom. The third-order valence-corrected chi connectivity index (χ3v) is 5.82. The van der Waals surface area contributed by atoms with Gasteiger partial charge >= 0.3 is 5.69 Å². The van der Waals surface area contributed by atoms with Crippen molar-refractivity contribution in [2.45, 2.75) is 32.9 Å². The minimum Gasteiger partial charge on any atom is -0.354 e. The molecule has 1 atom stereocenters. The lowest BCUT2D eigenvalue weighted by atomic mass is 10.0. The Morgan fingerprint density at radius 1 is 1.10 bits per heavy atom. The van der Waals surface area contributed by atoms with Gasteiger partial charge in [0.15, 0.2) is 0 Å². The summed E-state index contributed by atoms with van der Waals surface area (Å²) in [6.45, 7) is 4.38. The van der Waals surface area contributed by atoms with E-state index in [4.69, 9.17) is 0 Å². The van der Waals surface area contributed by atoms with Gasteiger partial charge in [-0.1, -0.05) is 18.2 Å². The Hall–Kier alpha value is -3.60. The summed E-state index contributed by atoms with van der Waals surface area (Å²) in [6, 6.07) is 10.7. The molecule has 3 aromatic heterocycles. The predicted molar refractivity (Wildman–Crippen MR) is 117 cm³/mol. The van der Waals surface area contributed by atoms with Crippen molar-refractivity contribution in [2.24, 2.45) is 0 Å². The summed E-state index contributed by atoms with van der Waals surface area (Å²) in [5.41, 5.74) is -0.00884. The van der Waals surface area contributed by atoms with Gasteiger partial charge < -0.3 is 5.32 Å². The second kappa shape index (κ2) is 8.64. The van der Waals surface area contributed by atoms with Crippen molar-refractivity contribution in [3.8, 4) is 5.00 Å². The molecule has 3 heterocycles. The van der Waals surface area contributed by atoms with Crippen LogP contribution in [0.5, 0.6) is 0 Å². The highest BCUT2D eigenvalue weighted by Gasteiger charge is 2.21. The molecule has 0 aliphatic carbocycles. The minimum absolute atomic E-state index is 0.178. The first-order chi connectivity index (χ1) is 15.0. The molecule has 160 valence electrons. The fourth-order valence-corrected chi connectivity index (χ4v) is 3.97. The summed E-state index contributed by atoms with van der Waals surface area (Å²) < 4.78 is 3.79. The van der Waals surface area contributed by atoms with Gasteiger partial charge in [-0.15, -0.1) is 11.3 Å². The number of thiophene rings is 1. The summed E-state index contributed by atoms with van der Waals surface area (Å²) in [7, 11) is 0. The number of tetrazole rings is 1. The molecule has 0 fully saturated rings. The molecule has 0 saturated carbocycles. The van der Waals surface area contributed by atoms with E-state index in [2.05, 4.69) is 20.8 Å². The third kappa shape index (κ3) is 3.91. The Balaban J connectivity index is 1.48. The second-order valence-corrected chi connectivity index (χ2v) is 7.84. The molecule has 0 aliphatic heterocycles. The van der Waals surface area contributed by atoms with Crippen molar-refractivity contribution >= 4 is 28.0 Å². The van der Waals surface area contributed by atoms with Crippen LogP contribution in [0.25, 0.3) is 15.8 Å². The number of hydrogen-bond acceptors (Lipinski definition) is 7. The second-order valence-electron chi connectivity index (χ2n) is 6.91. The molecule has 10 nitrogen and oxygen atoms in total. The van der Waals surface area contributed by atoms with Crippen molar-refractivity contribution in [2.75, 3.05) is 6.54 Å². The fraction of sp³-hybridized carbons (Fsp3) is 0.300. The van der Waals surface area contributed by atoms with Crippen molar-refractivity contribution in [3.05, 3.63) is 68.3 Å². The summed E-state index contributed by atoms with van der Waals surface area (Å²) in [6.07, 6.45) is 0. The molecule has 1 unspecified atom stereocenters. The van der Waals surface area contributed by atoms with Gasteiger partial charge in [0, 0.05) is 18.5 Å². The molecule has 1 aromatic carbocycles. The lowest BCUT2D eigenvalue weighted by Gasteiger charge is -2.15. The van der Waals surface area contributed by atoms with E-state index in [1.807, 2.05) is 24.4 Å². The molecule has 0 aliphatic rings. The van der Waals surface area contributed by atoms with Gasteiger partial charge in [0.1, 0.15) is 5.00 Å². The zero-order valence-electron chi connectivity index (χ0n) is 17.1. The number of amides is 1. The molecule has 31 heavy (non-hydrogen) atoms. The molecule has 0 spiro atoms. The average molecular weight is 440 g/mol. The number of rotatable bonds is 7. The number of benzene rings is 1. The number of hydrogen-bond donors (Lipinski definition) is 1. The first-order valence-corrected chi connectivity index (χ1v) is 10.7. The molecule has 1 amide bonds. The monoisotopic (exact) mass is 439 g/mol. The number of carbonyl (C=O) groups excluding carboxylic acids is 1. The largest absolute Gasteiger partial charge is 0.369 e. The van der Waals surface area contributed by atoms with Crippen molar-refractivity contribution < 1.29 is 4.79 Å². The lowest BCUT2D eigenvalue weighted by Crippen LogP contribution is -2.35. The minimum atomic E-state index is -0.582. The van der Waals surface area contributed by atoms with Gasteiger partial charge in [0.25, 0.3) is 5.56 Å². The third-order valence-electron chi connectivity index (χ3n) is 4.98. The normalized spacial score (nSPS) is 12.2. The van der Waals surface area contributed by atoms with Crippen molar-refractivity contribution in [1.29, 1.82) is 0 Å². The van der Waals surface area contributed by atoms with Gasteiger partial charge in [-0.3, -0.25) is 9.59 Å². The first kappa shape index (κ1) is 20.7. The highest BCUT2D eigenvalue weighted by molar-refractivity contribution is 7.12. The van der Waals surface area contributed by atoms with Gasteiger partial charge in [-0.25, -0.2) is 9.48 Å². The predicted octanol–water partition coefficient (Wildman–Crippen LogP) is 1.14. The highest BCUT2D eigenvalue weighted by Crippen LogP contribution is 2.21. The van der Waals surface area contributed by atoms with Crippen LogP contribution in [0.3, 0.4) is 0 Å². The van der Waals surface area contributed by atoms with Crippen LogP contribution < -0.4 is 16.6 Å². The van der Waals surface area contributed by atoms with Crippen LogP contribution in [-0.4, -0.2) is 42.0 Å². The van der Waals surface area contributed by atoms with Crippen LogP contribution in [-0.2, 0) is 17.9 Å². The van der Waals surface area contributed by atoms with Crippen molar-refractivity contribution in [1.82, 2.24) is 34.9 Å². The Kier molecular flexibility index (Phi) is 5.76. The zero-order valence-corrected chi connectivity index (χ0v) is 17.9. The molecule has 4 aromatic rings. The molecular weight excluding hydrogens is 418 g/mol. The Labute approximate surface area is 180 Å². The van der Waals surface area contributed by atoms with E-state index in [1.165, 1.54) is 25.4 Å². The number of fused-ring (bicyclic) bond motifs is 1. The van der Waals surface area contributed by atoms with Crippen LogP contribution in [0.4, 0.5) is 0 Å². The molecule has 0 radical (unpaired) electrons. The summed E-state index contributed by atoms with van der Waals surface area (Å²) in [4.78, 5) is 37.7. The fourth-order valence-electron chi connectivity index (χ4n) is 3.30. The van der Waals surface area contributed by atoms with E-state index in [0.717, 1.165) is 0 Å². The molecule has 0 bridgehead atoms. The number of nitrogens with one attached hydrogen (secondary N) is 1. The average Bonchev–Trinajstić information content (AvgIpc) is 3.44. The maximum Gasteiger partial charge on any atom is 0.369 e. The SMILES string of the molecule is CCn1nc(C(C)C(=O)NCCn2nnn(-c3cccs3)c2=O)c2ccccc2c1=O. The van der Waals surface area contributed by atoms with Crippen LogP contribution in [0, 0.1) is 0 Å². The maximum atomic E-state index is 12.8. The van der Waals surface area contributed by atoms with E-state index in [1.54, 1.807) is 31.2 Å². The van der Waals surface area contributed by atoms with Crippen molar-refractivity contribution in [3.63, 3.8) is 0 Å². The summed E-state index contributed by atoms with van der Waals surface area (Å²) in [5.74, 6) is -0.834. The van der Waals surface area contributed by atoms with Gasteiger partial charge in [0.05, 0.1) is 23.5 Å². The van der Waals surface area contributed by atoms with Crippen LogP contribution in [0.1, 0.15) is 25.5 Å². The van der Waals surface area contributed by atoms with Gasteiger partial charge in [-0.05, 0) is 47.9 Å². The van der Waals surface area contributed by atoms with Gasteiger partial charge in [0.2, 0.25) is 5.91 Å². The number of carbonyl (C=O) groups is 1. The Bertz CT molecular complexity index is 1340. The van der Waals surface area contributed by atoms with E-state index in [-0.39, 0.29) is 30.2 Å². The molecule has 0 saturated heterocycles. The Morgan fingerprint density at radius 2 is 1.87 bits per heavy atom. The van der Waals surface area contributed by atoms with E-state index < -0.39 is 5.92 Å². The van der Waals surface area contributed by atoms with E-state index >= 15 is 0 Å². The van der Waals surface area contributed by atoms with E-state index in [0.29, 0.717) is 28.0 Å². The number of nitrogens with zero attached hydrogens (tertiary/aromatic N) is 6. The number of aromatic nitrogens is 6. The van der Waals surface area contributed by atoms with Gasteiger partial charge in [-0.2, -0.15) is 14.5 Å². The quantitative estimate of drug-likeness (QED) is 0.462. The zero-order chi connectivity index (χ0) is 22.0. The smallest absolute Gasteiger partial charge is 0.354 e. The number of aryl methyl sites for hydroxylation is 1. The molecule has 4 rings (SSSR count). The van der Waals surface area contributed by atoms with Crippen LogP contribution >= 0.6 is 11.3 Å². The summed E-state index contributed by atoms with van der Waals surface area (Å²) in [5, 5.41) is 18.7. The highest BCUT2D eigenvalue weighted by atomic mass is 32.1. The maximum absolute atomic E-state index is 12.8. The van der Waals surface area contributed by atoms with Crippen LogP contribution in [0.2, 0.25) is 0 Å². The summed E-state index contributed by atoms with van der Waals surface area (Å²) >= 11 is 1.38. The van der Waals surface area contributed by atoms with Crippen LogP contribution in [0.15, 0.2) is 51.4 Å². The molecule has 11 heteroatoms. The standard InChI is InChI=1S/C20H21N7O3S/c1-3-25-19(29)15-8-5-4-7-14(15)17(22-25)13(2)18(28)21-10-11-26-20(30)27(24-23-26)16-9-6-12-31-16/h4-9,12-13H,3,10-11H2,1-2H3,(H,21,28). The van der Waals surface area contributed by atoms with E-state index in [9.17, 15) is 14.4 Å².